The Morgan fingerprint density at radius 2 is 2.50 bits per heavy atom. The highest BCUT2D eigenvalue weighted by Gasteiger charge is 1.77. The van der Waals surface area contributed by atoms with Crippen molar-refractivity contribution in [2.45, 2.75) is 6.92 Å². The van der Waals surface area contributed by atoms with E-state index in [9.17, 15) is 0 Å². The second-order valence-corrected chi connectivity index (χ2v) is 4.66. The third kappa shape index (κ3) is 3.45. The molecule has 0 aliphatic carbocycles. The molecule has 6 heavy (non-hydrogen) atoms. The molecule has 0 heterocycles. The summed E-state index contributed by atoms with van der Waals surface area (Å²) in [5.41, 5.74) is 0. The van der Waals surface area contributed by atoms with E-state index in [1.165, 1.54) is 0 Å². The van der Waals surface area contributed by atoms with Crippen molar-refractivity contribution in [3.8, 4) is 0 Å². The van der Waals surface area contributed by atoms with E-state index in [-0.39, 0.29) is 9.64 Å². The Morgan fingerprint density at radius 3 is 2.50 bits per heavy atom. The Kier molecular flexibility index (Phi) is 5.35. The largest absolute Gasteiger partial charge is 0.202 e. The normalized spacial score (nSPS) is 14.3. The van der Waals surface area contributed by atoms with E-state index in [0.29, 0.717) is 0 Å². The maximum absolute atomic E-state index is 4.85. The van der Waals surface area contributed by atoms with Crippen molar-refractivity contribution in [2.75, 3.05) is 5.75 Å². The fourth-order valence-corrected chi connectivity index (χ4v) is 1.10. The van der Waals surface area contributed by atoms with E-state index in [2.05, 4.69) is 32.7 Å². The number of halogens is 1. The van der Waals surface area contributed by atoms with Gasteiger partial charge in [0.1, 0.15) is 0 Å². The van der Waals surface area contributed by atoms with Gasteiger partial charge in [0.15, 0.2) is 0 Å². The highest BCUT2D eigenvalue weighted by molar-refractivity contribution is 14.1. The zero-order valence-electron chi connectivity index (χ0n) is 3.40. The molecule has 1 N–H and O–H groups in total. The Morgan fingerprint density at radius 1 is 2.00 bits per heavy atom. The van der Waals surface area contributed by atoms with E-state index in [0.717, 1.165) is 5.75 Å². The Bertz CT molecular complexity index is 49.5. The lowest BCUT2D eigenvalue weighted by molar-refractivity contribution is 1.51. The zero-order valence-corrected chi connectivity index (χ0v) is 7.19. The summed E-state index contributed by atoms with van der Waals surface area (Å²) >= 11 is 6.92. The molecule has 0 spiro atoms. The number of hydrogen-bond donors (Lipinski definition) is 1. The average Bonchev–Trinajstić information content (AvgIpc) is 1.65. The summed E-state index contributed by atoms with van der Waals surface area (Å²) in [4.78, 5) is 0. The molecule has 0 bridgehead atoms. The molecule has 0 aromatic heterocycles. The molecule has 0 saturated heterocycles. The number of hydrogen-bond acceptors (Lipinski definition) is 1. The third-order valence-corrected chi connectivity index (χ3v) is 4.49. The van der Waals surface area contributed by atoms with Gasteiger partial charge in [0.2, 0.25) is 0 Å². The van der Waals surface area contributed by atoms with Gasteiger partial charge in [-0.15, -0.1) is 0 Å². The fraction of sp³-hybridized carbons (Fsp3) is 1.00. The lowest BCUT2D eigenvalue weighted by Crippen LogP contribution is -2.02. The third-order valence-electron chi connectivity index (χ3n) is 0.348. The molecule has 4 heteroatoms. The van der Waals surface area contributed by atoms with Crippen molar-refractivity contribution >= 4 is 43.7 Å². The minimum atomic E-state index is 0.0360. The maximum Gasteiger partial charge on any atom is 0.0289 e. The van der Waals surface area contributed by atoms with Crippen LogP contribution in [-0.2, 0) is 20.8 Å². The molecule has 0 aliphatic heterocycles. The van der Waals surface area contributed by atoms with E-state index in [1.807, 2.05) is 0 Å². The van der Waals surface area contributed by atoms with Gasteiger partial charge in [0.05, 0.1) is 0 Å². The fourth-order valence-electron chi connectivity index (χ4n) is 0.0546. The summed E-state index contributed by atoms with van der Waals surface area (Å²) in [5.74, 6) is 1.05. The second kappa shape index (κ2) is 4.42. The molecule has 0 radical (unpaired) electrons. The van der Waals surface area contributed by atoms with Crippen LogP contribution < -0.4 is 2.94 Å². The predicted octanol–water partition coefficient (Wildman–Crippen LogP) is 0.941. The predicted molar refractivity (Wildman–Crippen MR) is 42.4 cm³/mol. The SMILES string of the molecule is CCS(=S)NI. The molecule has 38 valence electrons. The van der Waals surface area contributed by atoms with E-state index in [4.69, 9.17) is 11.2 Å². The lowest BCUT2D eigenvalue weighted by Gasteiger charge is -1.90. The molecule has 0 fully saturated rings. The van der Waals surface area contributed by atoms with Crippen LogP contribution in [0.25, 0.3) is 0 Å². The average molecular weight is 235 g/mol. The van der Waals surface area contributed by atoms with Gasteiger partial charge >= 0.3 is 0 Å². The first kappa shape index (κ1) is 7.26. The van der Waals surface area contributed by atoms with Crippen molar-refractivity contribution in [1.82, 2.24) is 2.94 Å². The van der Waals surface area contributed by atoms with Crippen molar-refractivity contribution in [3.63, 3.8) is 0 Å². The molecule has 1 unspecified atom stereocenters. The molecule has 0 aliphatic rings. The summed E-state index contributed by atoms with van der Waals surface area (Å²) in [6.45, 7) is 2.07. The van der Waals surface area contributed by atoms with Crippen molar-refractivity contribution in [3.05, 3.63) is 0 Å². The monoisotopic (exact) mass is 235 g/mol. The smallest absolute Gasteiger partial charge is 0.0289 e. The van der Waals surface area contributed by atoms with Gasteiger partial charge in [0.25, 0.3) is 0 Å². The van der Waals surface area contributed by atoms with Gasteiger partial charge in [-0.05, 0) is 20.8 Å². The molecule has 0 aromatic carbocycles. The summed E-state index contributed by atoms with van der Waals surface area (Å²) in [6.07, 6.45) is 0. The van der Waals surface area contributed by atoms with Crippen LogP contribution in [0.5, 0.6) is 0 Å². The summed E-state index contributed by atoms with van der Waals surface area (Å²) in [5, 5.41) is 0. The van der Waals surface area contributed by atoms with Gasteiger partial charge in [-0.3, -0.25) is 0 Å². The zero-order chi connectivity index (χ0) is 4.99. The first-order valence-corrected chi connectivity index (χ1v) is 4.95. The van der Waals surface area contributed by atoms with Crippen LogP contribution in [0.2, 0.25) is 0 Å². The van der Waals surface area contributed by atoms with Crippen LogP contribution in [0.15, 0.2) is 0 Å². The van der Waals surface area contributed by atoms with Gasteiger partial charge < -0.3 is 0 Å². The molecular weight excluding hydrogens is 229 g/mol. The lowest BCUT2D eigenvalue weighted by atomic mass is 11.0. The maximum atomic E-state index is 4.85. The van der Waals surface area contributed by atoms with Gasteiger partial charge in [-0.2, -0.15) is 0 Å². The van der Waals surface area contributed by atoms with Crippen molar-refractivity contribution in [1.29, 1.82) is 0 Å². The van der Waals surface area contributed by atoms with Crippen LogP contribution in [0.4, 0.5) is 0 Å². The van der Waals surface area contributed by atoms with E-state index < -0.39 is 0 Å². The Labute approximate surface area is 59.1 Å². The number of rotatable bonds is 2. The van der Waals surface area contributed by atoms with Crippen LogP contribution in [0.3, 0.4) is 0 Å². The van der Waals surface area contributed by atoms with Crippen molar-refractivity contribution < 1.29 is 0 Å². The number of nitrogens with one attached hydrogen (secondary N) is 1. The first-order valence-electron chi connectivity index (χ1n) is 1.56. The van der Waals surface area contributed by atoms with Crippen molar-refractivity contribution in [2.24, 2.45) is 0 Å². The van der Waals surface area contributed by atoms with E-state index >= 15 is 0 Å². The van der Waals surface area contributed by atoms with Gasteiger partial charge in [-0.1, -0.05) is 6.92 Å². The van der Waals surface area contributed by atoms with Crippen LogP contribution >= 0.6 is 22.9 Å². The van der Waals surface area contributed by atoms with E-state index in [1.54, 1.807) is 0 Å². The molecular formula is C2H6INS2. The summed E-state index contributed by atoms with van der Waals surface area (Å²) in [7, 11) is 0.0360. The minimum Gasteiger partial charge on any atom is -0.202 e. The summed E-state index contributed by atoms with van der Waals surface area (Å²) < 4.78 is 2.93. The quantitative estimate of drug-likeness (QED) is 0.564. The molecule has 0 rings (SSSR count). The summed E-state index contributed by atoms with van der Waals surface area (Å²) in [6, 6.07) is 0. The first-order chi connectivity index (χ1) is 2.81. The molecule has 0 saturated carbocycles. The highest BCUT2D eigenvalue weighted by Crippen LogP contribution is 1.77. The molecule has 1 atom stereocenters. The van der Waals surface area contributed by atoms with Gasteiger partial charge in [0, 0.05) is 28.6 Å². The Balaban J connectivity index is 2.99. The second-order valence-electron chi connectivity index (χ2n) is 0.711. The van der Waals surface area contributed by atoms with Gasteiger partial charge in [-0.25, -0.2) is 2.94 Å². The van der Waals surface area contributed by atoms with Crippen LogP contribution in [-0.4, -0.2) is 5.75 Å². The standard InChI is InChI=1S/C2H6INS2/c1-2-6(5)4-3/h4H,2H2,1H3. The molecule has 1 nitrogen and oxygen atoms in total. The highest BCUT2D eigenvalue weighted by atomic mass is 127. The van der Waals surface area contributed by atoms with Crippen LogP contribution in [0.1, 0.15) is 6.92 Å². The Hall–Kier alpha value is 1.26. The molecule has 0 aromatic rings. The minimum absolute atomic E-state index is 0.0360. The topological polar surface area (TPSA) is 12.0 Å². The van der Waals surface area contributed by atoms with Crippen LogP contribution in [0, 0.1) is 0 Å². The molecule has 0 amide bonds.